The summed E-state index contributed by atoms with van der Waals surface area (Å²) in [4.78, 5) is 27.9. The third-order valence-corrected chi connectivity index (χ3v) is 5.83. The minimum atomic E-state index is -0.875. The summed E-state index contributed by atoms with van der Waals surface area (Å²) < 4.78 is 22.3. The molecule has 8 heteroatoms. The molecule has 8 nitrogen and oxygen atoms in total. The van der Waals surface area contributed by atoms with Gasteiger partial charge in [-0.3, -0.25) is 9.59 Å². The lowest BCUT2D eigenvalue weighted by molar-refractivity contribution is -0.140. The van der Waals surface area contributed by atoms with Gasteiger partial charge in [0.25, 0.3) is 11.7 Å². The maximum atomic E-state index is 13.3. The molecule has 0 aliphatic carbocycles. The molecule has 1 aromatic heterocycles. The highest BCUT2D eigenvalue weighted by atomic mass is 16.5. The van der Waals surface area contributed by atoms with Crippen LogP contribution < -0.4 is 14.2 Å². The molecule has 4 rings (SSSR count). The van der Waals surface area contributed by atoms with E-state index in [0.29, 0.717) is 47.3 Å². The summed E-state index contributed by atoms with van der Waals surface area (Å²) in [5, 5.41) is 11.3. The Balaban J connectivity index is 1.85. The first kappa shape index (κ1) is 24.9. The Kier molecular flexibility index (Phi) is 7.63. The zero-order chi connectivity index (χ0) is 25.7. The number of aliphatic hydroxyl groups is 1. The number of benzene rings is 2. The van der Waals surface area contributed by atoms with Crippen molar-refractivity contribution in [3.8, 4) is 17.2 Å². The number of likely N-dealkylation sites (tertiary alicyclic amines) is 1. The molecule has 1 fully saturated rings. The molecule has 1 aliphatic heterocycles. The van der Waals surface area contributed by atoms with Crippen LogP contribution in [0.4, 0.5) is 0 Å². The first-order valence-corrected chi connectivity index (χ1v) is 11.8. The van der Waals surface area contributed by atoms with Crippen molar-refractivity contribution in [1.29, 1.82) is 0 Å². The average molecular weight is 492 g/mol. The number of furan rings is 1. The third kappa shape index (κ3) is 4.93. The van der Waals surface area contributed by atoms with Gasteiger partial charge in [0, 0.05) is 5.56 Å². The molecule has 36 heavy (non-hydrogen) atoms. The second-order valence-electron chi connectivity index (χ2n) is 8.23. The van der Waals surface area contributed by atoms with Crippen molar-refractivity contribution in [2.45, 2.75) is 32.9 Å². The second kappa shape index (κ2) is 11.0. The van der Waals surface area contributed by atoms with E-state index < -0.39 is 17.7 Å². The van der Waals surface area contributed by atoms with Gasteiger partial charge in [-0.05, 0) is 55.3 Å². The van der Waals surface area contributed by atoms with E-state index in [4.69, 9.17) is 18.6 Å². The molecule has 1 amide bonds. The summed E-state index contributed by atoms with van der Waals surface area (Å²) in [7, 11) is 1.52. The predicted molar refractivity (Wildman–Crippen MR) is 133 cm³/mol. The lowest BCUT2D eigenvalue weighted by atomic mass is 9.95. The molecule has 3 aromatic rings. The van der Waals surface area contributed by atoms with Crippen LogP contribution >= 0.6 is 0 Å². The van der Waals surface area contributed by atoms with E-state index in [-0.39, 0.29) is 17.9 Å². The Morgan fingerprint density at radius 2 is 1.86 bits per heavy atom. The highest BCUT2D eigenvalue weighted by Gasteiger charge is 2.46. The Bertz CT molecular complexity index is 1260. The molecule has 0 saturated carbocycles. The van der Waals surface area contributed by atoms with Crippen LogP contribution in [0.5, 0.6) is 17.2 Å². The minimum absolute atomic E-state index is 0.0228. The number of rotatable bonds is 10. The second-order valence-corrected chi connectivity index (χ2v) is 8.23. The van der Waals surface area contributed by atoms with E-state index in [0.717, 1.165) is 6.42 Å². The monoisotopic (exact) mass is 491 g/mol. The van der Waals surface area contributed by atoms with E-state index >= 15 is 0 Å². The highest BCUT2D eigenvalue weighted by Crippen LogP contribution is 2.43. The fraction of sp³-hybridized carbons (Fsp3) is 0.286. The van der Waals surface area contributed by atoms with Gasteiger partial charge in [0.1, 0.15) is 17.3 Å². The SMILES string of the molecule is CCCOc1cccc(C(O)=C2C(=O)C(=O)N(Cc3ccco3)C2c2ccc(OCC)c(OC)c2)c1. The topological polar surface area (TPSA) is 98.4 Å². The molecule has 1 aliphatic rings. The Morgan fingerprint density at radius 1 is 1.03 bits per heavy atom. The normalized spacial score (nSPS) is 16.9. The van der Waals surface area contributed by atoms with Crippen molar-refractivity contribution >= 4 is 17.4 Å². The number of amides is 1. The molecule has 2 heterocycles. The first-order chi connectivity index (χ1) is 17.5. The number of ketones is 1. The van der Waals surface area contributed by atoms with Crippen molar-refractivity contribution in [1.82, 2.24) is 4.90 Å². The molecule has 1 unspecified atom stereocenters. The molecular weight excluding hydrogens is 462 g/mol. The fourth-order valence-corrected chi connectivity index (χ4v) is 4.20. The zero-order valence-corrected chi connectivity index (χ0v) is 20.5. The van der Waals surface area contributed by atoms with E-state index in [1.165, 1.54) is 18.3 Å². The van der Waals surface area contributed by atoms with Gasteiger partial charge in [0.2, 0.25) is 0 Å². The Hall–Kier alpha value is -4.20. The summed E-state index contributed by atoms with van der Waals surface area (Å²) in [6.07, 6.45) is 2.33. The average Bonchev–Trinajstić information content (AvgIpc) is 3.50. The zero-order valence-electron chi connectivity index (χ0n) is 20.5. The van der Waals surface area contributed by atoms with E-state index in [1.807, 2.05) is 13.8 Å². The molecule has 0 spiro atoms. The third-order valence-electron chi connectivity index (χ3n) is 5.83. The smallest absolute Gasteiger partial charge is 0.296 e. The number of Topliss-reactive ketones (excluding diaryl/α,β-unsaturated/α-hetero) is 1. The largest absolute Gasteiger partial charge is 0.507 e. The maximum absolute atomic E-state index is 13.3. The molecule has 1 saturated heterocycles. The van der Waals surface area contributed by atoms with Gasteiger partial charge in [-0.2, -0.15) is 0 Å². The number of carbonyl (C=O) groups excluding carboxylic acids is 2. The van der Waals surface area contributed by atoms with Crippen molar-refractivity contribution in [3.63, 3.8) is 0 Å². The Labute approximate surface area is 209 Å². The molecule has 1 N–H and O–H groups in total. The van der Waals surface area contributed by atoms with Crippen LogP contribution in [0.3, 0.4) is 0 Å². The van der Waals surface area contributed by atoms with Gasteiger partial charge in [0.15, 0.2) is 11.5 Å². The van der Waals surface area contributed by atoms with Crippen molar-refractivity contribution in [3.05, 3.63) is 83.3 Å². The number of methoxy groups -OCH3 is 1. The van der Waals surface area contributed by atoms with E-state index in [1.54, 1.807) is 54.6 Å². The standard InChI is InChI=1S/C28H29NO7/c1-4-13-35-20-9-6-8-19(15-20)26(30)24-25(18-11-12-22(34-5-2)23(16-18)33-3)29(28(32)27(24)31)17-21-10-7-14-36-21/h6-12,14-16,25,30H,4-5,13,17H2,1-3H3. The maximum Gasteiger partial charge on any atom is 0.296 e. The molecule has 188 valence electrons. The van der Waals surface area contributed by atoms with E-state index in [9.17, 15) is 14.7 Å². The van der Waals surface area contributed by atoms with Crippen molar-refractivity contribution in [2.75, 3.05) is 20.3 Å². The van der Waals surface area contributed by atoms with Crippen LogP contribution in [-0.2, 0) is 16.1 Å². The summed E-state index contributed by atoms with van der Waals surface area (Å²) in [5.74, 6) is 0.260. The van der Waals surface area contributed by atoms with Gasteiger partial charge in [-0.15, -0.1) is 0 Å². The minimum Gasteiger partial charge on any atom is -0.507 e. The van der Waals surface area contributed by atoms with E-state index in [2.05, 4.69) is 0 Å². The van der Waals surface area contributed by atoms with Crippen LogP contribution in [0.25, 0.3) is 5.76 Å². The number of nitrogens with zero attached hydrogens (tertiary/aromatic N) is 1. The van der Waals surface area contributed by atoms with Gasteiger partial charge < -0.3 is 28.6 Å². The molecule has 2 aromatic carbocycles. The van der Waals surface area contributed by atoms with Gasteiger partial charge in [0.05, 0.1) is 44.7 Å². The highest BCUT2D eigenvalue weighted by molar-refractivity contribution is 6.46. The number of hydrogen-bond donors (Lipinski definition) is 1. The summed E-state index contributed by atoms with van der Waals surface area (Å²) >= 11 is 0. The number of ether oxygens (including phenoxy) is 3. The molecule has 0 bridgehead atoms. The Morgan fingerprint density at radius 3 is 2.56 bits per heavy atom. The molecule has 1 atom stereocenters. The first-order valence-electron chi connectivity index (χ1n) is 11.8. The number of aliphatic hydroxyl groups excluding tert-OH is 1. The van der Waals surface area contributed by atoms with Gasteiger partial charge >= 0.3 is 0 Å². The van der Waals surface area contributed by atoms with Crippen LogP contribution in [0.15, 0.2) is 70.9 Å². The quantitative estimate of drug-likeness (QED) is 0.239. The summed E-state index contributed by atoms with van der Waals surface area (Å²) in [6.45, 7) is 4.88. The van der Waals surface area contributed by atoms with Crippen LogP contribution in [0.2, 0.25) is 0 Å². The summed E-state index contributed by atoms with van der Waals surface area (Å²) in [5.41, 5.74) is 0.939. The number of carbonyl (C=O) groups is 2. The lowest BCUT2D eigenvalue weighted by Gasteiger charge is -2.25. The number of hydrogen-bond acceptors (Lipinski definition) is 7. The van der Waals surface area contributed by atoms with Crippen molar-refractivity contribution in [2.24, 2.45) is 0 Å². The van der Waals surface area contributed by atoms with Gasteiger partial charge in [-0.25, -0.2) is 0 Å². The predicted octanol–water partition coefficient (Wildman–Crippen LogP) is 5.10. The summed E-state index contributed by atoms with van der Waals surface area (Å²) in [6, 6.07) is 14.6. The van der Waals surface area contributed by atoms with Crippen LogP contribution in [0, 0.1) is 0 Å². The van der Waals surface area contributed by atoms with Crippen LogP contribution in [0.1, 0.15) is 43.2 Å². The van der Waals surface area contributed by atoms with Crippen molar-refractivity contribution < 1.29 is 33.3 Å². The molecule has 0 radical (unpaired) electrons. The van der Waals surface area contributed by atoms with Crippen LogP contribution in [-0.4, -0.2) is 42.0 Å². The molecular formula is C28H29NO7. The van der Waals surface area contributed by atoms with Gasteiger partial charge in [-0.1, -0.05) is 25.1 Å². The lowest BCUT2D eigenvalue weighted by Crippen LogP contribution is -2.29. The fourth-order valence-electron chi connectivity index (χ4n) is 4.20.